The third kappa shape index (κ3) is 4.99. The van der Waals surface area contributed by atoms with Crippen LogP contribution in [-0.2, 0) is 13.6 Å². The first kappa shape index (κ1) is 21.4. The number of nitrogens with one attached hydrogen (secondary N) is 2. The number of aryl methyl sites for hydroxylation is 2. The topological polar surface area (TPSA) is 80.5 Å². The van der Waals surface area contributed by atoms with E-state index in [4.69, 9.17) is 16.3 Å². The second-order valence-electron chi connectivity index (χ2n) is 6.72. The van der Waals surface area contributed by atoms with Crippen molar-refractivity contribution in [3.63, 3.8) is 0 Å². The van der Waals surface area contributed by atoms with E-state index >= 15 is 0 Å². The molecule has 0 aliphatic heterocycles. The fourth-order valence-electron chi connectivity index (χ4n) is 2.97. The fourth-order valence-corrected chi connectivity index (χ4v) is 3.10. The molecule has 0 radical (unpaired) electrons. The van der Waals surface area contributed by atoms with Gasteiger partial charge in [0.2, 0.25) is 5.96 Å². The normalized spacial score (nSPS) is 11.3. The van der Waals surface area contributed by atoms with Crippen LogP contribution >= 0.6 is 11.6 Å². The molecule has 0 saturated carbocycles. The van der Waals surface area contributed by atoms with Crippen molar-refractivity contribution >= 4 is 29.2 Å². The van der Waals surface area contributed by atoms with Crippen molar-refractivity contribution in [2.24, 2.45) is 12.0 Å². The molecular formula is C22H24ClN5O2. The Morgan fingerprint density at radius 3 is 2.50 bits per heavy atom. The minimum absolute atomic E-state index is 0.299. The van der Waals surface area contributed by atoms with E-state index in [0.717, 1.165) is 17.0 Å². The minimum atomic E-state index is -0.299. The quantitative estimate of drug-likeness (QED) is 0.476. The van der Waals surface area contributed by atoms with Crippen molar-refractivity contribution in [3.05, 3.63) is 76.1 Å². The second kappa shape index (κ2) is 9.45. The molecule has 0 atom stereocenters. The number of methoxy groups -OCH3 is 1. The Morgan fingerprint density at radius 1 is 1.17 bits per heavy atom. The summed E-state index contributed by atoms with van der Waals surface area (Å²) in [5.41, 5.74) is 4.10. The lowest BCUT2D eigenvalue weighted by atomic mass is 10.2. The van der Waals surface area contributed by atoms with Gasteiger partial charge in [0, 0.05) is 28.9 Å². The van der Waals surface area contributed by atoms with Gasteiger partial charge in [-0.15, -0.1) is 0 Å². The monoisotopic (exact) mass is 425 g/mol. The number of hydrogen-bond donors (Lipinski definition) is 2. The average molecular weight is 426 g/mol. The number of ether oxygens (including phenoxy) is 1. The van der Waals surface area contributed by atoms with Gasteiger partial charge in [-0.2, -0.15) is 5.10 Å². The number of aliphatic imine (C=N–C) groups is 1. The largest absolute Gasteiger partial charge is 0.495 e. The van der Waals surface area contributed by atoms with Crippen LogP contribution < -0.4 is 15.4 Å². The Morgan fingerprint density at radius 2 is 1.87 bits per heavy atom. The molecule has 3 aromatic rings. The lowest BCUT2D eigenvalue weighted by molar-refractivity contribution is 0.0977. The number of halogens is 1. The van der Waals surface area contributed by atoms with Gasteiger partial charge in [0.1, 0.15) is 5.75 Å². The number of anilines is 1. The van der Waals surface area contributed by atoms with E-state index in [1.54, 1.807) is 31.4 Å². The van der Waals surface area contributed by atoms with Gasteiger partial charge < -0.3 is 10.1 Å². The van der Waals surface area contributed by atoms with Crippen molar-refractivity contribution in [2.75, 3.05) is 12.4 Å². The number of amides is 1. The SMILES string of the molecule is COc1ccccc1NC(=NCc1c(C)nn(C)c1C)NC(=O)c1ccc(Cl)cc1. The summed E-state index contributed by atoms with van der Waals surface area (Å²) >= 11 is 5.92. The van der Waals surface area contributed by atoms with Gasteiger partial charge in [0.05, 0.1) is 25.0 Å². The van der Waals surface area contributed by atoms with Gasteiger partial charge in [-0.05, 0) is 50.2 Å². The van der Waals surface area contributed by atoms with E-state index in [1.807, 2.05) is 49.8 Å². The van der Waals surface area contributed by atoms with Crippen molar-refractivity contribution < 1.29 is 9.53 Å². The van der Waals surface area contributed by atoms with Crippen LogP contribution in [0.5, 0.6) is 5.75 Å². The van der Waals surface area contributed by atoms with Gasteiger partial charge in [0.25, 0.3) is 5.91 Å². The first-order valence-corrected chi connectivity index (χ1v) is 9.77. The average Bonchev–Trinajstić information content (AvgIpc) is 2.98. The third-order valence-corrected chi connectivity index (χ3v) is 5.00. The van der Waals surface area contributed by atoms with Gasteiger partial charge in [-0.1, -0.05) is 23.7 Å². The van der Waals surface area contributed by atoms with Gasteiger partial charge in [-0.3, -0.25) is 14.8 Å². The summed E-state index contributed by atoms with van der Waals surface area (Å²) in [6, 6.07) is 14.1. The molecule has 0 saturated heterocycles. The summed E-state index contributed by atoms with van der Waals surface area (Å²) in [5.74, 6) is 0.647. The molecule has 156 valence electrons. The number of hydrogen-bond acceptors (Lipinski definition) is 4. The number of carbonyl (C=O) groups is 1. The molecule has 1 amide bonds. The molecule has 0 unspecified atom stereocenters. The number of rotatable bonds is 5. The molecule has 1 heterocycles. The van der Waals surface area contributed by atoms with Gasteiger partial charge in [-0.25, -0.2) is 4.99 Å². The van der Waals surface area contributed by atoms with E-state index in [2.05, 4.69) is 20.7 Å². The highest BCUT2D eigenvalue weighted by molar-refractivity contribution is 6.30. The van der Waals surface area contributed by atoms with Gasteiger partial charge in [0.15, 0.2) is 0 Å². The van der Waals surface area contributed by atoms with Gasteiger partial charge >= 0.3 is 0 Å². The van der Waals surface area contributed by atoms with E-state index in [-0.39, 0.29) is 5.91 Å². The number of aromatic nitrogens is 2. The molecule has 0 bridgehead atoms. The maximum atomic E-state index is 12.7. The Kier molecular flexibility index (Phi) is 6.74. The van der Waals surface area contributed by atoms with Crippen molar-refractivity contribution in [1.82, 2.24) is 15.1 Å². The zero-order chi connectivity index (χ0) is 21.7. The molecule has 0 fully saturated rings. The van der Waals surface area contributed by atoms with E-state index in [9.17, 15) is 4.79 Å². The summed E-state index contributed by atoms with van der Waals surface area (Å²) < 4.78 is 7.21. The molecule has 1 aromatic heterocycles. The molecule has 7 nitrogen and oxygen atoms in total. The fraction of sp³-hybridized carbons (Fsp3) is 0.227. The minimum Gasteiger partial charge on any atom is -0.495 e. The molecule has 2 aromatic carbocycles. The van der Waals surface area contributed by atoms with Crippen LogP contribution in [-0.4, -0.2) is 28.8 Å². The van der Waals surface area contributed by atoms with E-state index < -0.39 is 0 Å². The summed E-state index contributed by atoms with van der Waals surface area (Å²) in [7, 11) is 3.48. The second-order valence-corrected chi connectivity index (χ2v) is 7.16. The Balaban J connectivity index is 1.89. The Bertz CT molecular complexity index is 1070. The van der Waals surface area contributed by atoms with Crippen LogP contribution in [0.15, 0.2) is 53.5 Å². The summed E-state index contributed by atoms with van der Waals surface area (Å²) in [5, 5.41) is 11.0. The highest BCUT2D eigenvalue weighted by Crippen LogP contribution is 2.23. The molecule has 2 N–H and O–H groups in total. The molecule has 0 aliphatic rings. The highest BCUT2D eigenvalue weighted by atomic mass is 35.5. The Labute approximate surface area is 180 Å². The van der Waals surface area contributed by atoms with E-state index in [1.165, 1.54) is 0 Å². The maximum absolute atomic E-state index is 12.7. The first-order chi connectivity index (χ1) is 14.4. The summed E-state index contributed by atoms with van der Waals surface area (Å²) in [4.78, 5) is 17.4. The molecule has 0 spiro atoms. The first-order valence-electron chi connectivity index (χ1n) is 9.39. The molecule has 30 heavy (non-hydrogen) atoms. The van der Waals surface area contributed by atoms with Crippen LogP contribution in [0.4, 0.5) is 5.69 Å². The van der Waals surface area contributed by atoms with Crippen LogP contribution in [0.1, 0.15) is 27.3 Å². The predicted octanol–water partition coefficient (Wildman–Crippen LogP) is 4.10. The number of benzene rings is 2. The van der Waals surface area contributed by atoms with Crippen LogP contribution in [0.2, 0.25) is 5.02 Å². The molecule has 3 rings (SSSR count). The lowest BCUT2D eigenvalue weighted by Crippen LogP contribution is -2.36. The highest BCUT2D eigenvalue weighted by Gasteiger charge is 2.13. The van der Waals surface area contributed by atoms with Crippen LogP contribution in [0.25, 0.3) is 0 Å². The predicted molar refractivity (Wildman–Crippen MR) is 119 cm³/mol. The maximum Gasteiger partial charge on any atom is 0.257 e. The molecular weight excluding hydrogens is 402 g/mol. The zero-order valence-electron chi connectivity index (χ0n) is 17.4. The standard InChI is InChI=1S/C22H24ClN5O2/c1-14-18(15(2)28(3)27-14)13-24-22(25-19-7-5-6-8-20(19)30-4)26-21(29)16-9-11-17(23)12-10-16/h5-12H,13H2,1-4H3,(H2,24,25,26,29). The molecule has 8 heteroatoms. The smallest absolute Gasteiger partial charge is 0.257 e. The molecule has 0 aliphatic carbocycles. The van der Waals surface area contributed by atoms with Crippen LogP contribution in [0, 0.1) is 13.8 Å². The van der Waals surface area contributed by atoms with Crippen molar-refractivity contribution in [3.8, 4) is 5.75 Å². The lowest BCUT2D eigenvalue weighted by Gasteiger charge is -2.14. The Hall–Kier alpha value is -3.32. The zero-order valence-corrected chi connectivity index (χ0v) is 18.1. The van der Waals surface area contributed by atoms with Crippen molar-refractivity contribution in [2.45, 2.75) is 20.4 Å². The summed E-state index contributed by atoms with van der Waals surface area (Å²) in [6.45, 7) is 4.30. The summed E-state index contributed by atoms with van der Waals surface area (Å²) in [6.07, 6.45) is 0. The number of carbonyl (C=O) groups excluding carboxylic acids is 1. The number of guanidine groups is 1. The van der Waals surface area contributed by atoms with Crippen molar-refractivity contribution in [1.29, 1.82) is 0 Å². The number of nitrogens with zero attached hydrogens (tertiary/aromatic N) is 3. The third-order valence-electron chi connectivity index (χ3n) is 4.75. The van der Waals surface area contributed by atoms with E-state index in [0.29, 0.717) is 34.5 Å². The number of para-hydroxylation sites is 2. The van der Waals surface area contributed by atoms with Crippen LogP contribution in [0.3, 0.4) is 0 Å².